The molecule has 0 spiro atoms. The second-order valence-corrected chi connectivity index (χ2v) is 2.81. The van der Waals surface area contributed by atoms with Gasteiger partial charge in [-0.25, -0.2) is 9.98 Å². The van der Waals surface area contributed by atoms with Crippen LogP contribution < -0.4 is 0 Å². The van der Waals surface area contributed by atoms with Crippen LogP contribution >= 0.6 is 0 Å². The lowest BCUT2D eigenvalue weighted by Gasteiger charge is -2.05. The summed E-state index contributed by atoms with van der Waals surface area (Å²) in [6.45, 7) is 4.27. The molecule has 0 radical (unpaired) electrons. The van der Waals surface area contributed by atoms with Crippen LogP contribution in [0.15, 0.2) is 9.98 Å². The van der Waals surface area contributed by atoms with Crippen molar-refractivity contribution < 1.29 is 0 Å². The summed E-state index contributed by atoms with van der Waals surface area (Å²) in [6.07, 6.45) is 3.97. The van der Waals surface area contributed by atoms with Gasteiger partial charge in [-0.05, 0) is 6.42 Å². The van der Waals surface area contributed by atoms with Gasteiger partial charge in [-0.15, -0.1) is 0 Å². The summed E-state index contributed by atoms with van der Waals surface area (Å²) in [5, 5.41) is 7.12. The first kappa shape index (κ1) is 8.11. The van der Waals surface area contributed by atoms with Crippen LogP contribution in [-0.4, -0.2) is 17.9 Å². The molecule has 1 aliphatic rings. The van der Waals surface area contributed by atoms with E-state index in [1.54, 1.807) is 6.21 Å². The Kier molecular flexibility index (Phi) is 2.52. The molecule has 3 heteroatoms. The maximum Gasteiger partial charge on any atom is 0.242 e. The predicted octanol–water partition coefficient (Wildman–Crippen LogP) is 1.88. The molecule has 0 bridgehead atoms. The molecule has 0 aromatic rings. The Morgan fingerprint density at radius 1 is 1.64 bits per heavy atom. The van der Waals surface area contributed by atoms with E-state index in [0.29, 0.717) is 5.92 Å². The van der Waals surface area contributed by atoms with Crippen molar-refractivity contribution in [2.24, 2.45) is 15.9 Å². The van der Waals surface area contributed by atoms with Crippen molar-refractivity contribution in [2.75, 3.05) is 0 Å². The second kappa shape index (κ2) is 3.42. The highest BCUT2D eigenvalue weighted by Gasteiger charge is 2.11. The summed E-state index contributed by atoms with van der Waals surface area (Å²) in [6, 6.07) is 0. The van der Waals surface area contributed by atoms with Crippen molar-refractivity contribution in [3.05, 3.63) is 0 Å². The summed E-state index contributed by atoms with van der Waals surface area (Å²) >= 11 is 0. The van der Waals surface area contributed by atoms with Crippen LogP contribution in [0.2, 0.25) is 0 Å². The Balaban J connectivity index is 2.55. The van der Waals surface area contributed by atoms with E-state index in [1.807, 2.05) is 0 Å². The van der Waals surface area contributed by atoms with Gasteiger partial charge in [0.2, 0.25) is 5.96 Å². The van der Waals surface area contributed by atoms with Gasteiger partial charge < -0.3 is 0 Å². The summed E-state index contributed by atoms with van der Waals surface area (Å²) in [5.74, 6) is 0.592. The standard InChI is InChI=1S/C8H13N3/c1-3-4-6(2)7-5-10-8(9)11-7/h5-6,9H,3-4H2,1-2H3. The minimum Gasteiger partial charge on any atom is -0.265 e. The molecule has 0 aromatic carbocycles. The van der Waals surface area contributed by atoms with E-state index in [-0.39, 0.29) is 5.96 Å². The largest absolute Gasteiger partial charge is 0.265 e. The van der Waals surface area contributed by atoms with Crippen LogP contribution in [0.1, 0.15) is 26.7 Å². The Morgan fingerprint density at radius 2 is 2.36 bits per heavy atom. The lowest BCUT2D eigenvalue weighted by molar-refractivity contribution is 0.673. The molecule has 0 saturated carbocycles. The molecule has 0 amide bonds. The van der Waals surface area contributed by atoms with Gasteiger partial charge >= 0.3 is 0 Å². The molecular formula is C8H13N3. The fourth-order valence-corrected chi connectivity index (χ4v) is 1.13. The molecule has 3 nitrogen and oxygen atoms in total. The maximum atomic E-state index is 7.12. The zero-order valence-corrected chi connectivity index (χ0v) is 6.96. The van der Waals surface area contributed by atoms with Gasteiger partial charge in [0.25, 0.3) is 0 Å². The Labute approximate surface area is 66.8 Å². The molecule has 1 heterocycles. The monoisotopic (exact) mass is 151 g/mol. The topological polar surface area (TPSA) is 48.6 Å². The van der Waals surface area contributed by atoms with Gasteiger partial charge in [0, 0.05) is 5.92 Å². The fraction of sp³-hybridized carbons (Fsp3) is 0.625. The molecule has 0 saturated heterocycles. The molecule has 11 heavy (non-hydrogen) atoms. The van der Waals surface area contributed by atoms with Gasteiger partial charge in [-0.3, -0.25) is 5.41 Å². The van der Waals surface area contributed by atoms with Crippen LogP contribution in [0.4, 0.5) is 0 Å². The van der Waals surface area contributed by atoms with E-state index in [9.17, 15) is 0 Å². The number of nitrogens with one attached hydrogen (secondary N) is 1. The van der Waals surface area contributed by atoms with E-state index in [2.05, 4.69) is 23.8 Å². The van der Waals surface area contributed by atoms with Crippen molar-refractivity contribution >= 4 is 17.9 Å². The highest BCUT2D eigenvalue weighted by atomic mass is 15.1. The number of guanidine groups is 1. The highest BCUT2D eigenvalue weighted by molar-refractivity contribution is 6.38. The molecule has 1 atom stereocenters. The highest BCUT2D eigenvalue weighted by Crippen LogP contribution is 2.09. The zero-order chi connectivity index (χ0) is 8.27. The molecule has 60 valence electrons. The lowest BCUT2D eigenvalue weighted by Crippen LogP contribution is -2.09. The smallest absolute Gasteiger partial charge is 0.242 e. The molecular weight excluding hydrogens is 138 g/mol. The third-order valence-electron chi connectivity index (χ3n) is 1.78. The van der Waals surface area contributed by atoms with Gasteiger partial charge in [-0.2, -0.15) is 0 Å². The van der Waals surface area contributed by atoms with Crippen molar-refractivity contribution in [3.63, 3.8) is 0 Å². The third kappa shape index (κ3) is 1.97. The van der Waals surface area contributed by atoms with Gasteiger partial charge in [0.05, 0.1) is 11.9 Å². The Morgan fingerprint density at radius 3 is 2.82 bits per heavy atom. The van der Waals surface area contributed by atoms with Crippen molar-refractivity contribution in [2.45, 2.75) is 26.7 Å². The summed E-state index contributed by atoms with van der Waals surface area (Å²) in [4.78, 5) is 7.76. The molecule has 1 aliphatic heterocycles. The number of hydrogen-bond donors (Lipinski definition) is 1. The SMILES string of the molecule is CCCC(C)C1=NC(=N)N=C1. The fourth-order valence-electron chi connectivity index (χ4n) is 1.13. The van der Waals surface area contributed by atoms with Crippen LogP contribution in [0.3, 0.4) is 0 Å². The quantitative estimate of drug-likeness (QED) is 0.640. The lowest BCUT2D eigenvalue weighted by atomic mass is 10.0. The van der Waals surface area contributed by atoms with E-state index >= 15 is 0 Å². The maximum absolute atomic E-state index is 7.12. The summed E-state index contributed by atoms with van der Waals surface area (Å²) < 4.78 is 0. The van der Waals surface area contributed by atoms with E-state index in [0.717, 1.165) is 18.6 Å². The zero-order valence-electron chi connectivity index (χ0n) is 6.96. The third-order valence-corrected chi connectivity index (χ3v) is 1.78. The summed E-state index contributed by atoms with van der Waals surface area (Å²) in [5.41, 5.74) is 0.955. The minimum atomic E-state index is 0.142. The normalized spacial score (nSPS) is 18.7. The van der Waals surface area contributed by atoms with Crippen molar-refractivity contribution in [1.29, 1.82) is 5.41 Å². The number of hydrogen-bond acceptors (Lipinski definition) is 1. The molecule has 0 aromatic heterocycles. The number of rotatable bonds is 3. The van der Waals surface area contributed by atoms with Crippen LogP contribution in [0.5, 0.6) is 0 Å². The number of nitrogens with zero attached hydrogens (tertiary/aromatic N) is 2. The van der Waals surface area contributed by atoms with Crippen LogP contribution in [0.25, 0.3) is 0 Å². The summed E-state index contributed by atoms with van der Waals surface area (Å²) in [7, 11) is 0. The second-order valence-electron chi connectivity index (χ2n) is 2.81. The van der Waals surface area contributed by atoms with E-state index in [4.69, 9.17) is 5.41 Å². The molecule has 1 unspecified atom stereocenters. The first-order chi connectivity index (χ1) is 5.24. The molecule has 1 rings (SSSR count). The Bertz CT molecular complexity index is 215. The first-order valence-corrected chi connectivity index (χ1v) is 3.95. The van der Waals surface area contributed by atoms with E-state index in [1.165, 1.54) is 0 Å². The van der Waals surface area contributed by atoms with Crippen LogP contribution in [0, 0.1) is 11.3 Å². The molecule has 1 N–H and O–H groups in total. The van der Waals surface area contributed by atoms with Gasteiger partial charge in [0.1, 0.15) is 0 Å². The van der Waals surface area contributed by atoms with E-state index < -0.39 is 0 Å². The Hall–Kier alpha value is -0.990. The number of aliphatic imine (C=N–C) groups is 2. The average Bonchev–Trinajstić information content (AvgIpc) is 2.36. The van der Waals surface area contributed by atoms with Gasteiger partial charge in [-0.1, -0.05) is 20.3 Å². The van der Waals surface area contributed by atoms with Crippen molar-refractivity contribution in [3.8, 4) is 0 Å². The molecule has 0 aliphatic carbocycles. The average molecular weight is 151 g/mol. The first-order valence-electron chi connectivity index (χ1n) is 3.95. The van der Waals surface area contributed by atoms with Gasteiger partial charge in [0.15, 0.2) is 0 Å². The minimum absolute atomic E-state index is 0.142. The molecule has 0 fully saturated rings. The van der Waals surface area contributed by atoms with Crippen LogP contribution in [-0.2, 0) is 0 Å². The predicted molar refractivity (Wildman–Crippen MR) is 47.7 cm³/mol. The van der Waals surface area contributed by atoms with Crippen molar-refractivity contribution in [1.82, 2.24) is 0 Å².